The van der Waals surface area contributed by atoms with Gasteiger partial charge in [-0.2, -0.15) is 0 Å². The van der Waals surface area contributed by atoms with Gasteiger partial charge < -0.3 is 10.6 Å². The van der Waals surface area contributed by atoms with Crippen LogP contribution in [0.2, 0.25) is 0 Å². The second-order valence-corrected chi connectivity index (χ2v) is 5.25. The minimum absolute atomic E-state index is 0.129. The van der Waals surface area contributed by atoms with E-state index in [0.29, 0.717) is 12.3 Å². The van der Waals surface area contributed by atoms with Crippen molar-refractivity contribution in [1.82, 2.24) is 10.6 Å². The quantitative estimate of drug-likeness (QED) is 0.851. The van der Waals surface area contributed by atoms with Crippen molar-refractivity contribution < 1.29 is 4.79 Å². The highest BCUT2D eigenvalue weighted by molar-refractivity contribution is 5.79. The molecular formula is C15H22N2O. The summed E-state index contributed by atoms with van der Waals surface area (Å²) in [6, 6.07) is 8.34. The number of hydrogen-bond donors (Lipinski definition) is 2. The monoisotopic (exact) mass is 246 g/mol. The lowest BCUT2D eigenvalue weighted by molar-refractivity contribution is -0.121. The molecule has 2 unspecified atom stereocenters. The van der Waals surface area contributed by atoms with E-state index >= 15 is 0 Å². The molecule has 2 rings (SSSR count). The van der Waals surface area contributed by atoms with Gasteiger partial charge in [0.05, 0.1) is 6.42 Å². The van der Waals surface area contributed by atoms with Crippen molar-refractivity contribution in [3.8, 4) is 0 Å². The fourth-order valence-electron chi connectivity index (χ4n) is 2.42. The molecule has 2 N–H and O–H groups in total. The lowest BCUT2D eigenvalue weighted by atomic mass is 9.94. The summed E-state index contributed by atoms with van der Waals surface area (Å²) in [5.41, 5.74) is 2.30. The minimum Gasteiger partial charge on any atom is -0.352 e. The number of aryl methyl sites for hydroxylation is 1. The third kappa shape index (κ3) is 3.33. The van der Waals surface area contributed by atoms with Crippen LogP contribution in [0.25, 0.3) is 0 Å². The smallest absolute Gasteiger partial charge is 0.224 e. The summed E-state index contributed by atoms with van der Waals surface area (Å²) in [5, 5.41) is 6.47. The lowest BCUT2D eigenvalue weighted by Crippen LogP contribution is -2.50. The van der Waals surface area contributed by atoms with Crippen LogP contribution in [-0.2, 0) is 11.2 Å². The van der Waals surface area contributed by atoms with Crippen LogP contribution < -0.4 is 10.6 Å². The number of carbonyl (C=O) groups is 1. The number of benzene rings is 1. The summed E-state index contributed by atoms with van der Waals surface area (Å²) in [6.07, 6.45) is 1.62. The Bertz CT molecular complexity index is 417. The number of rotatable bonds is 3. The Morgan fingerprint density at radius 2 is 2.22 bits per heavy atom. The van der Waals surface area contributed by atoms with E-state index < -0.39 is 0 Å². The number of amides is 1. The molecule has 1 aliphatic rings. The Hall–Kier alpha value is -1.35. The molecule has 0 aromatic heterocycles. The number of carbonyl (C=O) groups excluding carboxylic acids is 1. The van der Waals surface area contributed by atoms with Gasteiger partial charge in [0.1, 0.15) is 0 Å². The first kappa shape index (κ1) is 13.1. The van der Waals surface area contributed by atoms with Crippen molar-refractivity contribution in [3.05, 3.63) is 35.4 Å². The maximum Gasteiger partial charge on any atom is 0.224 e. The van der Waals surface area contributed by atoms with Crippen LogP contribution in [0.3, 0.4) is 0 Å². The summed E-state index contributed by atoms with van der Waals surface area (Å²) in [6.45, 7) is 6.21. The van der Waals surface area contributed by atoms with Crippen LogP contribution in [0.4, 0.5) is 0 Å². The maximum absolute atomic E-state index is 12.0. The van der Waals surface area contributed by atoms with E-state index in [1.165, 1.54) is 5.56 Å². The van der Waals surface area contributed by atoms with Crippen LogP contribution in [0.5, 0.6) is 0 Å². The van der Waals surface area contributed by atoms with Crippen molar-refractivity contribution in [1.29, 1.82) is 0 Å². The lowest BCUT2D eigenvalue weighted by Gasteiger charge is -2.30. The molecule has 1 heterocycles. The van der Waals surface area contributed by atoms with Crippen molar-refractivity contribution in [3.63, 3.8) is 0 Å². The standard InChI is InChI=1S/C15H22N2O/c1-11-5-3-4-6-13(11)9-15(18)17-14-10-16-8-7-12(14)2/h3-6,12,14,16H,7-10H2,1-2H3,(H,17,18). The van der Waals surface area contributed by atoms with E-state index in [1.54, 1.807) is 0 Å². The van der Waals surface area contributed by atoms with E-state index in [-0.39, 0.29) is 11.9 Å². The van der Waals surface area contributed by atoms with E-state index in [1.807, 2.05) is 31.2 Å². The average molecular weight is 246 g/mol. The normalized spacial score (nSPS) is 23.7. The maximum atomic E-state index is 12.0. The molecule has 3 nitrogen and oxygen atoms in total. The van der Waals surface area contributed by atoms with Crippen LogP contribution in [0.1, 0.15) is 24.5 Å². The van der Waals surface area contributed by atoms with Crippen LogP contribution in [-0.4, -0.2) is 25.0 Å². The Balaban J connectivity index is 1.90. The molecule has 0 radical (unpaired) electrons. The van der Waals surface area contributed by atoms with Gasteiger partial charge in [-0.25, -0.2) is 0 Å². The van der Waals surface area contributed by atoms with Crippen LogP contribution >= 0.6 is 0 Å². The largest absolute Gasteiger partial charge is 0.352 e. The van der Waals surface area contributed by atoms with Crippen molar-refractivity contribution in [2.75, 3.05) is 13.1 Å². The highest BCUT2D eigenvalue weighted by Gasteiger charge is 2.22. The molecule has 1 aromatic rings. The second kappa shape index (κ2) is 6.01. The highest BCUT2D eigenvalue weighted by Crippen LogP contribution is 2.12. The van der Waals surface area contributed by atoms with Crippen molar-refractivity contribution in [2.45, 2.75) is 32.7 Å². The zero-order valence-corrected chi connectivity index (χ0v) is 11.2. The average Bonchev–Trinajstić information content (AvgIpc) is 2.35. The molecule has 3 heteroatoms. The Morgan fingerprint density at radius 3 is 2.94 bits per heavy atom. The molecular weight excluding hydrogens is 224 g/mol. The minimum atomic E-state index is 0.129. The molecule has 0 bridgehead atoms. The summed E-state index contributed by atoms with van der Waals surface area (Å²) >= 11 is 0. The fourth-order valence-corrected chi connectivity index (χ4v) is 2.42. The van der Waals surface area contributed by atoms with Crippen LogP contribution in [0.15, 0.2) is 24.3 Å². The van der Waals surface area contributed by atoms with Crippen LogP contribution in [0, 0.1) is 12.8 Å². The number of hydrogen-bond acceptors (Lipinski definition) is 2. The number of nitrogens with one attached hydrogen (secondary N) is 2. The zero-order valence-electron chi connectivity index (χ0n) is 11.2. The first-order valence-electron chi connectivity index (χ1n) is 6.71. The molecule has 0 aliphatic carbocycles. The predicted molar refractivity (Wildman–Crippen MR) is 73.5 cm³/mol. The van der Waals surface area contributed by atoms with Gasteiger partial charge in [0.25, 0.3) is 0 Å². The molecule has 2 atom stereocenters. The van der Waals surface area contributed by atoms with Gasteiger partial charge in [0.2, 0.25) is 5.91 Å². The van der Waals surface area contributed by atoms with Gasteiger partial charge in [-0.3, -0.25) is 4.79 Å². The summed E-state index contributed by atoms with van der Waals surface area (Å²) in [7, 11) is 0. The van der Waals surface area contributed by atoms with Crippen molar-refractivity contribution >= 4 is 5.91 Å². The van der Waals surface area contributed by atoms with Gasteiger partial charge >= 0.3 is 0 Å². The molecule has 1 aliphatic heterocycles. The molecule has 98 valence electrons. The Morgan fingerprint density at radius 1 is 1.44 bits per heavy atom. The second-order valence-electron chi connectivity index (χ2n) is 5.25. The highest BCUT2D eigenvalue weighted by atomic mass is 16.1. The van der Waals surface area contributed by atoms with E-state index in [9.17, 15) is 4.79 Å². The summed E-state index contributed by atoms with van der Waals surface area (Å²) < 4.78 is 0. The molecule has 18 heavy (non-hydrogen) atoms. The molecule has 1 aromatic carbocycles. The van der Waals surface area contributed by atoms with Gasteiger partial charge in [0.15, 0.2) is 0 Å². The van der Waals surface area contributed by atoms with Gasteiger partial charge in [-0.1, -0.05) is 31.2 Å². The Labute approximate surface area is 109 Å². The molecule has 1 saturated heterocycles. The predicted octanol–water partition coefficient (Wildman–Crippen LogP) is 1.65. The van der Waals surface area contributed by atoms with E-state index in [0.717, 1.165) is 25.1 Å². The molecule has 1 amide bonds. The van der Waals surface area contributed by atoms with E-state index in [4.69, 9.17) is 0 Å². The first-order chi connectivity index (χ1) is 8.66. The molecule has 0 spiro atoms. The molecule has 0 saturated carbocycles. The van der Waals surface area contributed by atoms with Gasteiger partial charge in [-0.15, -0.1) is 0 Å². The topological polar surface area (TPSA) is 41.1 Å². The first-order valence-corrected chi connectivity index (χ1v) is 6.71. The third-order valence-corrected chi connectivity index (χ3v) is 3.79. The Kier molecular flexibility index (Phi) is 4.37. The SMILES string of the molecule is Cc1ccccc1CC(=O)NC1CNCCC1C. The zero-order chi connectivity index (χ0) is 13.0. The molecule has 1 fully saturated rings. The van der Waals surface area contributed by atoms with E-state index in [2.05, 4.69) is 17.6 Å². The number of piperidine rings is 1. The summed E-state index contributed by atoms with van der Waals surface area (Å²) in [4.78, 5) is 12.0. The third-order valence-electron chi connectivity index (χ3n) is 3.79. The van der Waals surface area contributed by atoms with Gasteiger partial charge in [-0.05, 0) is 36.9 Å². The van der Waals surface area contributed by atoms with Crippen molar-refractivity contribution in [2.24, 2.45) is 5.92 Å². The van der Waals surface area contributed by atoms with Gasteiger partial charge in [0, 0.05) is 12.6 Å². The fraction of sp³-hybridized carbons (Fsp3) is 0.533. The summed E-state index contributed by atoms with van der Waals surface area (Å²) in [5.74, 6) is 0.692.